The van der Waals surface area contributed by atoms with Crippen molar-refractivity contribution >= 4 is 5.82 Å². The van der Waals surface area contributed by atoms with Crippen molar-refractivity contribution in [2.24, 2.45) is 0 Å². The third-order valence-corrected chi connectivity index (χ3v) is 1.90. The highest BCUT2D eigenvalue weighted by atomic mass is 19.4. The molecular formula is C11H12F3N3O. The summed E-state index contributed by atoms with van der Waals surface area (Å²) in [6.45, 7) is 0.569. The fourth-order valence-electron chi connectivity index (χ4n) is 1.26. The van der Waals surface area contributed by atoms with Gasteiger partial charge in [0.15, 0.2) is 0 Å². The molecule has 0 saturated heterocycles. The van der Waals surface area contributed by atoms with Gasteiger partial charge in [-0.1, -0.05) is 0 Å². The maximum Gasteiger partial charge on any atom is 0.411 e. The quantitative estimate of drug-likeness (QED) is 0.824. The van der Waals surface area contributed by atoms with E-state index < -0.39 is 12.8 Å². The Morgan fingerprint density at radius 1 is 1.44 bits per heavy atom. The van der Waals surface area contributed by atoms with Crippen LogP contribution in [0.3, 0.4) is 0 Å². The van der Waals surface area contributed by atoms with Crippen LogP contribution in [-0.2, 0) is 4.74 Å². The molecule has 1 rings (SSSR count). The smallest absolute Gasteiger partial charge is 0.370 e. The van der Waals surface area contributed by atoms with Crippen LogP contribution in [0.4, 0.5) is 19.0 Å². The average molecular weight is 259 g/mol. The lowest BCUT2D eigenvalue weighted by Gasteiger charge is -2.09. The van der Waals surface area contributed by atoms with Crippen molar-refractivity contribution in [2.75, 3.05) is 25.1 Å². The Hall–Kier alpha value is -1.81. The number of hydrogen-bond donors (Lipinski definition) is 1. The molecule has 1 heterocycles. The summed E-state index contributed by atoms with van der Waals surface area (Å²) in [6, 6.07) is 5.11. The van der Waals surface area contributed by atoms with Crippen molar-refractivity contribution in [1.82, 2.24) is 4.98 Å². The third kappa shape index (κ3) is 5.50. The lowest BCUT2D eigenvalue weighted by Crippen LogP contribution is -2.20. The Kier molecular flexibility index (Phi) is 4.92. The average Bonchev–Trinajstić information content (AvgIpc) is 2.26. The Morgan fingerprint density at radius 2 is 2.17 bits per heavy atom. The van der Waals surface area contributed by atoms with Crippen LogP contribution in [0.5, 0.6) is 0 Å². The molecule has 0 saturated carbocycles. The number of nitrogens with one attached hydrogen (secondary N) is 1. The molecule has 0 aliphatic heterocycles. The molecule has 1 aromatic heterocycles. The molecular weight excluding hydrogens is 247 g/mol. The van der Waals surface area contributed by atoms with Gasteiger partial charge in [-0.2, -0.15) is 18.4 Å². The molecule has 0 unspecified atom stereocenters. The number of alkyl halides is 3. The Labute approximate surface area is 102 Å². The minimum Gasteiger partial charge on any atom is -0.370 e. The van der Waals surface area contributed by atoms with Gasteiger partial charge in [0.1, 0.15) is 12.4 Å². The summed E-state index contributed by atoms with van der Waals surface area (Å²) in [6.07, 6.45) is -4.31. The van der Waals surface area contributed by atoms with E-state index in [1.54, 1.807) is 13.0 Å². The molecule has 0 aliphatic carbocycles. The van der Waals surface area contributed by atoms with Crippen LogP contribution in [0.1, 0.15) is 11.3 Å². The summed E-state index contributed by atoms with van der Waals surface area (Å²) in [7, 11) is 0. The first kappa shape index (κ1) is 14.3. The van der Waals surface area contributed by atoms with Gasteiger partial charge >= 0.3 is 6.18 Å². The van der Waals surface area contributed by atoms with Crippen molar-refractivity contribution in [2.45, 2.75) is 13.1 Å². The second-order valence-electron chi connectivity index (χ2n) is 3.59. The van der Waals surface area contributed by atoms with E-state index in [4.69, 9.17) is 5.26 Å². The zero-order chi connectivity index (χ0) is 13.6. The molecule has 0 aromatic carbocycles. The maximum atomic E-state index is 11.8. The van der Waals surface area contributed by atoms with Gasteiger partial charge in [0.25, 0.3) is 0 Å². The predicted octanol–water partition coefficient (Wildman–Crippen LogP) is 2.25. The van der Waals surface area contributed by atoms with Gasteiger partial charge in [-0.25, -0.2) is 4.98 Å². The number of aryl methyl sites for hydroxylation is 1. The Bertz CT molecular complexity index is 440. The van der Waals surface area contributed by atoms with E-state index in [2.05, 4.69) is 15.0 Å². The third-order valence-electron chi connectivity index (χ3n) is 1.90. The van der Waals surface area contributed by atoms with Gasteiger partial charge in [0.2, 0.25) is 0 Å². The first-order chi connectivity index (χ1) is 8.40. The van der Waals surface area contributed by atoms with Gasteiger partial charge in [0, 0.05) is 12.2 Å². The van der Waals surface area contributed by atoms with Crippen molar-refractivity contribution in [3.63, 3.8) is 0 Å². The summed E-state index contributed by atoms with van der Waals surface area (Å²) in [5.41, 5.74) is 1.11. The van der Waals surface area contributed by atoms with Crippen LogP contribution in [0, 0.1) is 18.3 Å². The number of halogens is 3. The molecule has 0 amide bonds. The van der Waals surface area contributed by atoms with E-state index in [1.165, 1.54) is 6.07 Å². The minimum atomic E-state index is -4.31. The number of nitriles is 1. The van der Waals surface area contributed by atoms with Crippen LogP contribution in [0.25, 0.3) is 0 Å². The van der Waals surface area contributed by atoms with E-state index >= 15 is 0 Å². The lowest BCUT2D eigenvalue weighted by atomic mass is 10.2. The normalized spacial score (nSPS) is 11.1. The van der Waals surface area contributed by atoms with Gasteiger partial charge in [0.05, 0.1) is 18.2 Å². The fraction of sp³-hybridized carbons (Fsp3) is 0.455. The van der Waals surface area contributed by atoms with Gasteiger partial charge in [-0.05, 0) is 19.1 Å². The molecule has 1 aromatic rings. The highest BCUT2D eigenvalue weighted by Crippen LogP contribution is 2.14. The summed E-state index contributed by atoms with van der Waals surface area (Å²) >= 11 is 0. The monoisotopic (exact) mass is 259 g/mol. The first-order valence-electron chi connectivity index (χ1n) is 5.18. The van der Waals surface area contributed by atoms with E-state index in [9.17, 15) is 13.2 Å². The van der Waals surface area contributed by atoms with E-state index in [0.717, 1.165) is 0 Å². The second-order valence-corrected chi connectivity index (χ2v) is 3.59. The Balaban J connectivity index is 2.36. The summed E-state index contributed by atoms with van der Waals surface area (Å²) in [5, 5.41) is 11.5. The minimum absolute atomic E-state index is 0.0863. The van der Waals surface area contributed by atoms with E-state index in [-0.39, 0.29) is 13.2 Å². The number of pyridine rings is 1. The summed E-state index contributed by atoms with van der Waals surface area (Å²) < 4.78 is 39.7. The second kappa shape index (κ2) is 6.21. The lowest BCUT2D eigenvalue weighted by molar-refractivity contribution is -0.172. The van der Waals surface area contributed by atoms with Crippen LogP contribution in [-0.4, -0.2) is 30.9 Å². The number of hydrogen-bond acceptors (Lipinski definition) is 4. The number of rotatable bonds is 5. The molecule has 0 spiro atoms. The van der Waals surface area contributed by atoms with Gasteiger partial charge in [-0.3, -0.25) is 0 Å². The first-order valence-corrected chi connectivity index (χ1v) is 5.18. The van der Waals surface area contributed by atoms with E-state index in [1.807, 2.05) is 6.07 Å². The van der Waals surface area contributed by atoms with E-state index in [0.29, 0.717) is 17.1 Å². The number of aromatic nitrogens is 1. The van der Waals surface area contributed by atoms with Crippen LogP contribution >= 0.6 is 0 Å². The summed E-state index contributed by atoms with van der Waals surface area (Å²) in [4.78, 5) is 4.09. The van der Waals surface area contributed by atoms with Gasteiger partial charge < -0.3 is 10.1 Å². The van der Waals surface area contributed by atoms with Crippen molar-refractivity contribution in [3.05, 3.63) is 23.4 Å². The molecule has 0 atom stereocenters. The predicted molar refractivity (Wildman–Crippen MR) is 59.1 cm³/mol. The standard InChI is InChI=1S/C11H12F3N3O/c1-8-4-9(6-15)5-10(17-8)16-2-3-18-7-11(12,13)14/h4-5H,2-3,7H2,1H3,(H,16,17). The van der Waals surface area contributed by atoms with Crippen molar-refractivity contribution in [3.8, 4) is 6.07 Å². The zero-order valence-corrected chi connectivity index (χ0v) is 9.71. The SMILES string of the molecule is Cc1cc(C#N)cc(NCCOCC(F)(F)F)n1. The number of anilines is 1. The zero-order valence-electron chi connectivity index (χ0n) is 9.71. The largest absolute Gasteiger partial charge is 0.411 e. The Morgan fingerprint density at radius 3 is 2.78 bits per heavy atom. The molecule has 0 bridgehead atoms. The molecule has 0 radical (unpaired) electrons. The highest BCUT2D eigenvalue weighted by molar-refractivity contribution is 5.44. The molecule has 1 N–H and O–H groups in total. The molecule has 0 fully saturated rings. The fourth-order valence-corrected chi connectivity index (χ4v) is 1.26. The van der Waals surface area contributed by atoms with Crippen molar-refractivity contribution in [1.29, 1.82) is 5.26 Å². The number of nitrogens with zero attached hydrogens (tertiary/aromatic N) is 2. The van der Waals surface area contributed by atoms with Crippen LogP contribution in [0.15, 0.2) is 12.1 Å². The van der Waals surface area contributed by atoms with Crippen LogP contribution in [0.2, 0.25) is 0 Å². The van der Waals surface area contributed by atoms with Crippen molar-refractivity contribution < 1.29 is 17.9 Å². The molecule has 0 aliphatic rings. The molecule has 98 valence electrons. The maximum absolute atomic E-state index is 11.8. The van der Waals surface area contributed by atoms with Crippen LogP contribution < -0.4 is 5.32 Å². The topological polar surface area (TPSA) is 57.9 Å². The van der Waals surface area contributed by atoms with Gasteiger partial charge in [-0.15, -0.1) is 0 Å². The number of ether oxygens (including phenoxy) is 1. The molecule has 7 heteroatoms. The summed E-state index contributed by atoms with van der Waals surface area (Å²) in [5.74, 6) is 0.446. The highest BCUT2D eigenvalue weighted by Gasteiger charge is 2.27. The molecule has 18 heavy (non-hydrogen) atoms. The molecule has 4 nitrogen and oxygen atoms in total.